The average Bonchev–Trinajstić information content (AvgIpc) is 3.83. The Labute approximate surface area is 265 Å². The summed E-state index contributed by atoms with van der Waals surface area (Å²) in [6.45, 7) is 6.35. The van der Waals surface area contributed by atoms with Crippen LogP contribution < -0.4 is 10.6 Å². The Hall–Kier alpha value is -4.66. The molecular formula is C36H43N3O6. The highest BCUT2D eigenvalue weighted by Crippen LogP contribution is 2.45. The highest BCUT2D eigenvalue weighted by molar-refractivity contribution is 6.00. The van der Waals surface area contributed by atoms with E-state index >= 15 is 0 Å². The molecule has 0 bridgehead atoms. The Kier molecular flexibility index (Phi) is 11.4. The van der Waals surface area contributed by atoms with Gasteiger partial charge in [0.1, 0.15) is 11.6 Å². The number of nitrogens with zero attached hydrogens (tertiary/aromatic N) is 1. The molecule has 3 amide bonds. The quantitative estimate of drug-likeness (QED) is 0.185. The van der Waals surface area contributed by atoms with Gasteiger partial charge in [0.15, 0.2) is 0 Å². The lowest BCUT2D eigenvalue weighted by Gasteiger charge is -2.28. The summed E-state index contributed by atoms with van der Waals surface area (Å²) in [7, 11) is 1.27. The molecule has 1 fully saturated rings. The molecule has 3 atom stereocenters. The van der Waals surface area contributed by atoms with Crippen LogP contribution in [0.4, 0.5) is 4.79 Å². The molecule has 4 rings (SSSR count). The molecule has 2 N–H and O–H groups in total. The predicted molar refractivity (Wildman–Crippen MR) is 172 cm³/mol. The highest BCUT2D eigenvalue weighted by atomic mass is 16.6. The molecule has 2 unspecified atom stereocenters. The molecule has 1 saturated carbocycles. The standard InChI is InChI=1S/C36H43N3O6/c1-36(2,3)45-35(43)39(31-23-29(31)26-16-9-6-10-17-26)21-12-11-20-30(33(41)37-24-25-14-7-5-8-15-25)38-32(40)27-18-13-19-28(22-27)34(42)44-4/h5-10,13-19,22,29-31H,11-12,20-21,23-24H2,1-4H3,(H,37,41)(H,38,40)/t29?,30-,31?/m0/s1. The Morgan fingerprint density at radius 1 is 0.889 bits per heavy atom. The normalized spacial score (nSPS) is 16.2. The number of benzene rings is 3. The summed E-state index contributed by atoms with van der Waals surface area (Å²) in [5.74, 6) is -1.08. The van der Waals surface area contributed by atoms with Gasteiger partial charge in [-0.2, -0.15) is 0 Å². The molecule has 3 aromatic rings. The van der Waals surface area contributed by atoms with Gasteiger partial charge in [-0.15, -0.1) is 0 Å². The fourth-order valence-corrected chi connectivity index (χ4v) is 5.25. The molecule has 0 radical (unpaired) electrons. The maximum absolute atomic E-state index is 13.3. The minimum absolute atomic E-state index is 0.0500. The summed E-state index contributed by atoms with van der Waals surface area (Å²) in [4.78, 5) is 53.6. The van der Waals surface area contributed by atoms with Gasteiger partial charge >= 0.3 is 12.1 Å². The first-order valence-corrected chi connectivity index (χ1v) is 15.4. The van der Waals surface area contributed by atoms with Crippen molar-refractivity contribution in [2.45, 2.75) is 76.6 Å². The van der Waals surface area contributed by atoms with Crippen molar-refractivity contribution in [1.82, 2.24) is 15.5 Å². The SMILES string of the molecule is COC(=O)c1cccc(C(=O)N[C@@H](CCCCN(C(=O)OC(C)(C)C)C2CC2c2ccccc2)C(=O)NCc2ccccc2)c1. The second kappa shape index (κ2) is 15.4. The molecule has 0 aliphatic heterocycles. The smallest absolute Gasteiger partial charge is 0.410 e. The van der Waals surface area contributed by atoms with Gasteiger partial charge in [0, 0.05) is 30.6 Å². The second-order valence-electron chi connectivity index (χ2n) is 12.3. The molecule has 1 aliphatic carbocycles. The van der Waals surface area contributed by atoms with Gasteiger partial charge in [-0.1, -0.05) is 66.7 Å². The van der Waals surface area contributed by atoms with Crippen LogP contribution in [0, 0.1) is 0 Å². The van der Waals surface area contributed by atoms with Gasteiger partial charge in [0.25, 0.3) is 5.91 Å². The van der Waals surface area contributed by atoms with E-state index in [0.717, 1.165) is 12.0 Å². The number of rotatable bonds is 13. The fourth-order valence-electron chi connectivity index (χ4n) is 5.25. The zero-order valence-electron chi connectivity index (χ0n) is 26.5. The van der Waals surface area contributed by atoms with Crippen molar-refractivity contribution in [1.29, 1.82) is 0 Å². The van der Waals surface area contributed by atoms with E-state index in [4.69, 9.17) is 9.47 Å². The van der Waals surface area contributed by atoms with E-state index in [2.05, 4.69) is 22.8 Å². The second-order valence-corrected chi connectivity index (χ2v) is 12.3. The van der Waals surface area contributed by atoms with Crippen LogP contribution >= 0.6 is 0 Å². The first-order chi connectivity index (χ1) is 21.6. The molecule has 3 aromatic carbocycles. The van der Waals surface area contributed by atoms with Crippen LogP contribution in [0.1, 0.15) is 84.2 Å². The van der Waals surface area contributed by atoms with Gasteiger partial charge in [0.05, 0.1) is 12.7 Å². The van der Waals surface area contributed by atoms with Crippen molar-refractivity contribution in [2.75, 3.05) is 13.7 Å². The summed E-state index contributed by atoms with van der Waals surface area (Å²) in [6, 6.07) is 25.1. The number of amides is 3. The monoisotopic (exact) mass is 613 g/mol. The Bertz CT molecular complexity index is 1450. The average molecular weight is 614 g/mol. The fraction of sp³-hybridized carbons (Fsp3) is 0.389. The lowest BCUT2D eigenvalue weighted by atomic mass is 10.1. The number of ether oxygens (including phenoxy) is 2. The first-order valence-electron chi connectivity index (χ1n) is 15.4. The van der Waals surface area contributed by atoms with E-state index in [0.29, 0.717) is 32.4 Å². The van der Waals surface area contributed by atoms with E-state index in [-0.39, 0.29) is 35.1 Å². The largest absolute Gasteiger partial charge is 0.465 e. The summed E-state index contributed by atoms with van der Waals surface area (Å²) in [5, 5.41) is 5.78. The maximum Gasteiger partial charge on any atom is 0.410 e. The topological polar surface area (TPSA) is 114 Å². The third-order valence-corrected chi connectivity index (χ3v) is 7.63. The molecule has 238 valence electrons. The van der Waals surface area contributed by atoms with Crippen molar-refractivity contribution in [3.05, 3.63) is 107 Å². The number of carbonyl (C=O) groups excluding carboxylic acids is 4. The molecule has 1 aliphatic rings. The molecule has 45 heavy (non-hydrogen) atoms. The van der Waals surface area contributed by atoms with Gasteiger partial charge in [-0.25, -0.2) is 9.59 Å². The third kappa shape index (κ3) is 9.93. The predicted octanol–water partition coefficient (Wildman–Crippen LogP) is 5.85. The number of hydrogen-bond donors (Lipinski definition) is 2. The summed E-state index contributed by atoms with van der Waals surface area (Å²) in [6.07, 6.45) is 2.08. The van der Waals surface area contributed by atoms with Crippen molar-refractivity contribution >= 4 is 23.9 Å². The van der Waals surface area contributed by atoms with E-state index < -0.39 is 23.5 Å². The molecule has 9 heteroatoms. The third-order valence-electron chi connectivity index (χ3n) is 7.63. The zero-order valence-corrected chi connectivity index (χ0v) is 26.5. The number of carbonyl (C=O) groups is 4. The number of esters is 1. The van der Waals surface area contributed by atoms with E-state index in [1.54, 1.807) is 18.2 Å². The molecule has 0 spiro atoms. The summed E-state index contributed by atoms with van der Waals surface area (Å²) < 4.78 is 10.5. The number of unbranched alkanes of at least 4 members (excludes halogenated alkanes) is 1. The Balaban J connectivity index is 1.41. The Morgan fingerprint density at radius 3 is 2.22 bits per heavy atom. The van der Waals surface area contributed by atoms with Crippen molar-refractivity contribution in [3.63, 3.8) is 0 Å². The van der Waals surface area contributed by atoms with Crippen LogP contribution in [0.3, 0.4) is 0 Å². The molecule has 0 aromatic heterocycles. The van der Waals surface area contributed by atoms with Crippen molar-refractivity contribution < 1.29 is 28.7 Å². The highest BCUT2D eigenvalue weighted by Gasteiger charge is 2.45. The minimum Gasteiger partial charge on any atom is -0.465 e. The summed E-state index contributed by atoms with van der Waals surface area (Å²) in [5.41, 5.74) is 2.00. The van der Waals surface area contributed by atoms with E-state index in [1.165, 1.54) is 18.7 Å². The van der Waals surface area contributed by atoms with Crippen LogP contribution in [0.25, 0.3) is 0 Å². The van der Waals surface area contributed by atoms with Crippen molar-refractivity contribution in [2.24, 2.45) is 0 Å². The Morgan fingerprint density at radius 2 is 1.56 bits per heavy atom. The molecule has 9 nitrogen and oxygen atoms in total. The minimum atomic E-state index is -0.823. The number of nitrogens with one attached hydrogen (secondary N) is 2. The van der Waals surface area contributed by atoms with E-state index in [9.17, 15) is 19.2 Å². The van der Waals surface area contributed by atoms with Crippen LogP contribution in [-0.2, 0) is 20.8 Å². The number of methoxy groups -OCH3 is 1. The van der Waals surface area contributed by atoms with Gasteiger partial charge in [-0.3, -0.25) is 9.59 Å². The maximum atomic E-state index is 13.3. The van der Waals surface area contributed by atoms with Gasteiger partial charge in [0.2, 0.25) is 5.91 Å². The first kappa shape index (κ1) is 33.2. The molecule has 0 heterocycles. The van der Waals surface area contributed by atoms with Crippen LogP contribution in [-0.4, -0.2) is 60.1 Å². The molecule has 0 saturated heterocycles. The lowest BCUT2D eigenvalue weighted by Crippen LogP contribution is -2.46. The summed E-state index contributed by atoms with van der Waals surface area (Å²) >= 11 is 0. The molecular weight excluding hydrogens is 570 g/mol. The van der Waals surface area contributed by atoms with Crippen molar-refractivity contribution in [3.8, 4) is 0 Å². The van der Waals surface area contributed by atoms with Crippen LogP contribution in [0.15, 0.2) is 84.9 Å². The lowest BCUT2D eigenvalue weighted by molar-refractivity contribution is -0.123. The zero-order chi connectivity index (χ0) is 32.4. The van der Waals surface area contributed by atoms with Gasteiger partial charge < -0.3 is 25.0 Å². The van der Waals surface area contributed by atoms with Gasteiger partial charge in [-0.05, 0) is 75.8 Å². The van der Waals surface area contributed by atoms with Crippen LogP contribution in [0.2, 0.25) is 0 Å². The van der Waals surface area contributed by atoms with E-state index in [1.807, 2.05) is 74.2 Å². The number of hydrogen-bond acceptors (Lipinski definition) is 6. The van der Waals surface area contributed by atoms with Crippen LogP contribution in [0.5, 0.6) is 0 Å².